The average molecular weight is 1160 g/mol. The maximum Gasteiger partial charge on any atom is 0.264 e. The highest BCUT2D eigenvalue weighted by Crippen LogP contribution is 2.56. The Labute approximate surface area is 524 Å². The van der Waals surface area contributed by atoms with Crippen LogP contribution in [0.15, 0.2) is 182 Å². The van der Waals surface area contributed by atoms with Crippen molar-refractivity contribution in [3.8, 4) is 22.3 Å². The Hall–Kier alpha value is -7.60. The maximum atomic E-state index is 2.76. The fourth-order valence-electron chi connectivity index (χ4n) is 15.1. The van der Waals surface area contributed by atoms with Gasteiger partial charge in [0.25, 0.3) is 6.71 Å². The minimum atomic E-state index is -0.0972. The zero-order valence-corrected chi connectivity index (χ0v) is 55.3. The van der Waals surface area contributed by atoms with Crippen LogP contribution in [0.2, 0.25) is 0 Å². The van der Waals surface area contributed by atoms with Crippen LogP contribution in [0.25, 0.3) is 32.3 Å². The predicted molar refractivity (Wildman–Crippen MR) is 379 cm³/mol. The highest BCUT2D eigenvalue weighted by molar-refractivity contribution is 7.33. The average Bonchev–Trinajstić information content (AvgIpc) is 1.68. The number of benzene rings is 9. The summed E-state index contributed by atoms with van der Waals surface area (Å²) >= 11 is 2.05. The van der Waals surface area contributed by atoms with Gasteiger partial charge >= 0.3 is 0 Å². The van der Waals surface area contributed by atoms with E-state index in [1.54, 1.807) is 0 Å². The van der Waals surface area contributed by atoms with Gasteiger partial charge in [-0.2, -0.15) is 0 Å². The molecule has 3 heterocycles. The van der Waals surface area contributed by atoms with Crippen LogP contribution in [-0.4, -0.2) is 6.71 Å². The Morgan fingerprint density at radius 3 is 1.53 bits per heavy atom. The molecule has 10 aromatic rings. The summed E-state index contributed by atoms with van der Waals surface area (Å²) in [6, 6.07) is 71.8. The van der Waals surface area contributed by atoms with Crippen molar-refractivity contribution in [2.24, 2.45) is 0 Å². The lowest BCUT2D eigenvalue weighted by molar-refractivity contribution is 0.332. The van der Waals surface area contributed by atoms with Crippen LogP contribution in [0.1, 0.15) is 167 Å². The van der Waals surface area contributed by atoms with Gasteiger partial charge in [0.05, 0.1) is 17.1 Å². The normalized spacial score (nSPS) is 16.9. The molecule has 0 saturated heterocycles. The van der Waals surface area contributed by atoms with Crippen molar-refractivity contribution in [1.82, 2.24) is 0 Å². The molecule has 0 N–H and O–H groups in total. The first-order valence-electron chi connectivity index (χ1n) is 32.1. The molecular formula is C82H86BN3S. The second-order valence-electron chi connectivity index (χ2n) is 30.9. The van der Waals surface area contributed by atoms with Gasteiger partial charge in [0, 0.05) is 54.6 Å². The molecule has 14 rings (SSSR count). The van der Waals surface area contributed by atoms with E-state index in [0.717, 1.165) is 42.0 Å². The number of aryl methyl sites for hydroxylation is 2. The lowest BCUT2D eigenvalue weighted by Crippen LogP contribution is -2.60. The number of anilines is 9. The van der Waals surface area contributed by atoms with Gasteiger partial charge in [0.2, 0.25) is 0 Å². The molecule has 0 saturated carbocycles. The Kier molecular flexibility index (Phi) is 13.1. The third-order valence-corrected chi connectivity index (χ3v) is 22.0. The first-order chi connectivity index (χ1) is 41.2. The minimum absolute atomic E-state index is 0.00730. The summed E-state index contributed by atoms with van der Waals surface area (Å²) in [5.74, 6) is 0. The monoisotopic (exact) mass is 1160 g/mol. The molecule has 0 radical (unpaired) electrons. The first-order valence-corrected chi connectivity index (χ1v) is 32.9. The second-order valence-corrected chi connectivity index (χ2v) is 32.0. The lowest BCUT2D eigenvalue weighted by Gasteiger charge is -2.46. The molecule has 3 nitrogen and oxygen atoms in total. The Bertz CT molecular complexity index is 4330. The zero-order valence-electron chi connectivity index (χ0n) is 54.5. The zero-order chi connectivity index (χ0) is 61.1. The molecule has 0 bridgehead atoms. The molecule has 0 unspecified atom stereocenters. The number of hydrogen-bond donors (Lipinski definition) is 0. The third kappa shape index (κ3) is 9.51. The van der Waals surface area contributed by atoms with Crippen molar-refractivity contribution >= 4 is 95.0 Å². The summed E-state index contributed by atoms with van der Waals surface area (Å²) in [7, 11) is 0. The van der Waals surface area contributed by atoms with E-state index < -0.39 is 0 Å². The van der Waals surface area contributed by atoms with Crippen LogP contribution in [0.3, 0.4) is 0 Å². The fourth-order valence-corrected chi connectivity index (χ4v) is 16.5. The van der Waals surface area contributed by atoms with Crippen molar-refractivity contribution in [1.29, 1.82) is 0 Å². The molecular weight excluding hydrogens is 1070 g/mol. The molecule has 0 atom stereocenters. The predicted octanol–water partition coefficient (Wildman–Crippen LogP) is 21.7. The van der Waals surface area contributed by atoms with E-state index in [-0.39, 0.29) is 39.2 Å². The van der Waals surface area contributed by atoms with Gasteiger partial charge in [-0.3, -0.25) is 0 Å². The molecule has 4 aliphatic rings. The topological polar surface area (TPSA) is 9.72 Å². The third-order valence-electron chi connectivity index (χ3n) is 20.8. The number of hydrogen-bond acceptors (Lipinski definition) is 4. The highest BCUT2D eigenvalue weighted by Gasteiger charge is 2.48. The van der Waals surface area contributed by atoms with Crippen molar-refractivity contribution in [3.63, 3.8) is 0 Å². The van der Waals surface area contributed by atoms with E-state index in [4.69, 9.17) is 0 Å². The van der Waals surface area contributed by atoms with Crippen molar-refractivity contribution < 1.29 is 0 Å². The van der Waals surface area contributed by atoms with Crippen LogP contribution >= 0.6 is 11.3 Å². The molecule has 9 aromatic carbocycles. The molecule has 5 heteroatoms. The minimum Gasteiger partial charge on any atom is -0.311 e. The van der Waals surface area contributed by atoms with E-state index in [9.17, 15) is 0 Å². The summed E-state index contributed by atoms with van der Waals surface area (Å²) in [6.45, 7) is 38.1. The molecule has 0 spiro atoms. The maximum absolute atomic E-state index is 2.76. The SMILES string of the molecule is Cc1ccc(N(c2ccc(C)cc2)c2cc3c4c(c2)N(c2ccc5c(c2)C(C)(C)CCC5(C)C)c2c(sc5cc6c(cc25)C(C)(C)CCC6(C)C)B4c2cc(-c4ccc(C(C)(C)C)cc4)ccc2N3c2ccc(C(C)(C)C)cc2-c2ccccc2)cc1. The van der Waals surface area contributed by atoms with E-state index in [2.05, 4.69) is 307 Å². The van der Waals surface area contributed by atoms with Crippen molar-refractivity contribution in [3.05, 3.63) is 226 Å². The van der Waals surface area contributed by atoms with Gasteiger partial charge < -0.3 is 14.7 Å². The molecule has 2 aliphatic heterocycles. The fraction of sp³-hybridized carbons (Fsp3) is 0.317. The summed E-state index contributed by atoms with van der Waals surface area (Å²) in [6.07, 6.45) is 4.62. The van der Waals surface area contributed by atoms with Crippen molar-refractivity contribution in [2.45, 2.75) is 169 Å². The quantitative estimate of drug-likeness (QED) is 0.147. The van der Waals surface area contributed by atoms with Gasteiger partial charge in [-0.05, 0) is 212 Å². The molecule has 2 aliphatic carbocycles. The summed E-state index contributed by atoms with van der Waals surface area (Å²) in [4.78, 5) is 7.96. The second kappa shape index (κ2) is 20.0. The van der Waals surface area contributed by atoms with Crippen LogP contribution in [0, 0.1) is 13.8 Å². The van der Waals surface area contributed by atoms with E-state index in [1.807, 2.05) is 11.3 Å². The molecule has 0 fully saturated rings. The van der Waals surface area contributed by atoms with Crippen LogP contribution in [0.5, 0.6) is 0 Å². The van der Waals surface area contributed by atoms with Gasteiger partial charge in [-0.1, -0.05) is 211 Å². The number of fused-ring (bicyclic) bond motifs is 8. The Morgan fingerprint density at radius 1 is 0.425 bits per heavy atom. The first kappa shape index (κ1) is 57.2. The van der Waals surface area contributed by atoms with Gasteiger partial charge in [-0.15, -0.1) is 11.3 Å². The molecule has 0 amide bonds. The van der Waals surface area contributed by atoms with Gasteiger partial charge in [0.15, 0.2) is 0 Å². The molecule has 438 valence electrons. The highest BCUT2D eigenvalue weighted by atomic mass is 32.1. The Balaban J connectivity index is 1.16. The Morgan fingerprint density at radius 2 is 0.943 bits per heavy atom. The largest absolute Gasteiger partial charge is 0.311 e. The lowest BCUT2D eigenvalue weighted by atomic mass is 9.36. The molecule has 1 aromatic heterocycles. The van der Waals surface area contributed by atoms with E-state index >= 15 is 0 Å². The van der Waals surface area contributed by atoms with Crippen LogP contribution < -0.4 is 30.4 Å². The van der Waals surface area contributed by atoms with E-state index in [1.165, 1.54) is 127 Å². The standard InChI is InChI=1S/C82H86BN3S/c1-51-22-32-58(33-23-51)84(59-34-24-52(2)25-35-59)61-47-71-74-72(48-61)86(69-39-31-57(78(6,7)8)45-62(69)54-20-18-17-19-21-54)70-38-28-55(53-26-29-56(30-27-53)77(3,4)5)44-68(70)83(74)76-75(63-49-66-67(50-73(63)87-76)82(15,16)43-42-81(66,13)14)85(71)60-36-37-64-65(46-60)80(11,12)41-40-79(64,9)10/h17-39,44-50H,40-43H2,1-16H3. The number of thiophene rings is 1. The molecule has 87 heavy (non-hydrogen) atoms. The summed E-state index contributed by atoms with van der Waals surface area (Å²) < 4.78 is 2.77. The van der Waals surface area contributed by atoms with Crippen LogP contribution in [0.4, 0.5) is 51.2 Å². The smallest absolute Gasteiger partial charge is 0.264 e. The van der Waals surface area contributed by atoms with Crippen LogP contribution in [-0.2, 0) is 32.5 Å². The summed E-state index contributed by atoms with van der Waals surface area (Å²) in [5, 5.41) is 1.35. The number of nitrogens with zero attached hydrogens (tertiary/aromatic N) is 3. The van der Waals surface area contributed by atoms with Gasteiger partial charge in [0.1, 0.15) is 0 Å². The van der Waals surface area contributed by atoms with Crippen molar-refractivity contribution in [2.75, 3.05) is 14.7 Å². The summed E-state index contributed by atoms with van der Waals surface area (Å²) in [5.41, 5.74) is 29.4. The van der Waals surface area contributed by atoms with E-state index in [0.29, 0.717) is 0 Å². The number of rotatable bonds is 7. The van der Waals surface area contributed by atoms with Gasteiger partial charge in [-0.25, -0.2) is 0 Å².